The Morgan fingerprint density at radius 1 is 1.00 bits per heavy atom. The number of hydrogen-bond donors (Lipinski definition) is 3. The standard InChI is InChI=1S/C20H14ClN5O2/c21-13-8-16-17(11-24-19(16)23-9-13)18(27)12-3-1-4-14(7-12)25-20(28)26-15-5-2-6-22-10-15/h1-11H,(H,23,24)(H2,25,26,28). The number of H-pyrrole nitrogens is 1. The summed E-state index contributed by atoms with van der Waals surface area (Å²) in [7, 11) is 0. The smallest absolute Gasteiger partial charge is 0.323 e. The van der Waals surface area contributed by atoms with Gasteiger partial charge in [0.15, 0.2) is 5.78 Å². The number of pyridine rings is 2. The van der Waals surface area contributed by atoms with Crippen LogP contribution < -0.4 is 10.6 Å². The first-order chi connectivity index (χ1) is 13.6. The van der Waals surface area contributed by atoms with Gasteiger partial charge in [-0.3, -0.25) is 9.78 Å². The first kappa shape index (κ1) is 17.7. The van der Waals surface area contributed by atoms with E-state index in [2.05, 4.69) is 25.6 Å². The highest BCUT2D eigenvalue weighted by molar-refractivity contribution is 6.31. The van der Waals surface area contributed by atoms with Gasteiger partial charge in [0.1, 0.15) is 5.65 Å². The number of hydrogen-bond acceptors (Lipinski definition) is 4. The van der Waals surface area contributed by atoms with Gasteiger partial charge in [0.2, 0.25) is 0 Å². The van der Waals surface area contributed by atoms with Gasteiger partial charge in [0.05, 0.1) is 16.9 Å². The van der Waals surface area contributed by atoms with Crippen molar-refractivity contribution < 1.29 is 9.59 Å². The van der Waals surface area contributed by atoms with Crippen molar-refractivity contribution in [3.63, 3.8) is 0 Å². The summed E-state index contributed by atoms with van der Waals surface area (Å²) in [6.07, 6.45) is 6.27. The molecule has 0 aliphatic heterocycles. The van der Waals surface area contributed by atoms with Crippen LogP contribution in [0, 0.1) is 0 Å². The summed E-state index contributed by atoms with van der Waals surface area (Å²) < 4.78 is 0. The molecule has 1 aromatic carbocycles. The molecule has 0 spiro atoms. The average Bonchev–Trinajstić information content (AvgIpc) is 3.11. The summed E-state index contributed by atoms with van der Waals surface area (Å²) in [6, 6.07) is 11.4. The Balaban J connectivity index is 1.55. The lowest BCUT2D eigenvalue weighted by Crippen LogP contribution is -2.19. The van der Waals surface area contributed by atoms with Crippen LogP contribution in [0.5, 0.6) is 0 Å². The van der Waals surface area contributed by atoms with Gasteiger partial charge in [-0.15, -0.1) is 0 Å². The van der Waals surface area contributed by atoms with Crippen molar-refractivity contribution in [1.82, 2.24) is 15.0 Å². The number of nitrogens with zero attached hydrogens (tertiary/aromatic N) is 2. The number of urea groups is 1. The molecule has 8 heteroatoms. The van der Waals surface area contributed by atoms with Crippen LogP contribution in [0.15, 0.2) is 67.3 Å². The molecule has 0 saturated carbocycles. The molecule has 0 radical (unpaired) electrons. The number of fused-ring (bicyclic) bond motifs is 1. The average molecular weight is 392 g/mol. The molecule has 4 aromatic rings. The van der Waals surface area contributed by atoms with Crippen molar-refractivity contribution >= 4 is 45.8 Å². The minimum Gasteiger partial charge on any atom is -0.345 e. The molecule has 7 nitrogen and oxygen atoms in total. The molecule has 0 unspecified atom stereocenters. The van der Waals surface area contributed by atoms with Gasteiger partial charge in [-0.1, -0.05) is 23.7 Å². The first-order valence-corrected chi connectivity index (χ1v) is 8.73. The van der Waals surface area contributed by atoms with Crippen LogP contribution in [-0.2, 0) is 0 Å². The molecule has 4 rings (SSSR count). The number of amides is 2. The van der Waals surface area contributed by atoms with Crippen molar-refractivity contribution in [2.24, 2.45) is 0 Å². The third-order valence-corrected chi connectivity index (χ3v) is 4.25. The minimum absolute atomic E-state index is 0.202. The number of ketones is 1. The maximum atomic E-state index is 12.9. The van der Waals surface area contributed by atoms with Crippen LogP contribution in [0.1, 0.15) is 15.9 Å². The van der Waals surface area contributed by atoms with Crippen LogP contribution in [0.3, 0.4) is 0 Å². The molecular formula is C20H14ClN5O2. The third kappa shape index (κ3) is 3.70. The molecule has 0 aliphatic carbocycles. The van der Waals surface area contributed by atoms with Crippen molar-refractivity contribution in [1.29, 1.82) is 0 Å². The molecule has 3 N–H and O–H groups in total. The minimum atomic E-state index is -0.430. The van der Waals surface area contributed by atoms with Gasteiger partial charge in [-0.25, -0.2) is 9.78 Å². The maximum absolute atomic E-state index is 12.9. The maximum Gasteiger partial charge on any atom is 0.323 e. The summed E-state index contributed by atoms with van der Waals surface area (Å²) in [5, 5.41) is 6.47. The van der Waals surface area contributed by atoms with E-state index in [-0.39, 0.29) is 5.78 Å². The number of carbonyl (C=O) groups excluding carboxylic acids is 2. The number of halogens is 1. The number of anilines is 2. The highest BCUT2D eigenvalue weighted by Gasteiger charge is 2.16. The summed E-state index contributed by atoms with van der Waals surface area (Å²) in [5.41, 5.74) is 2.53. The van der Waals surface area contributed by atoms with Crippen molar-refractivity contribution in [2.75, 3.05) is 10.6 Å². The number of nitrogens with one attached hydrogen (secondary N) is 3. The second kappa shape index (κ2) is 7.50. The van der Waals surface area contributed by atoms with E-state index in [1.165, 1.54) is 12.4 Å². The predicted molar refractivity (Wildman–Crippen MR) is 108 cm³/mol. The Hall–Kier alpha value is -3.71. The normalized spacial score (nSPS) is 10.6. The summed E-state index contributed by atoms with van der Waals surface area (Å²) >= 11 is 6.00. The Labute approximate surface area is 164 Å². The lowest BCUT2D eigenvalue weighted by Gasteiger charge is -2.08. The predicted octanol–water partition coefficient (Wildman–Crippen LogP) is 4.49. The fourth-order valence-electron chi connectivity index (χ4n) is 2.79. The van der Waals surface area contributed by atoms with Gasteiger partial charge in [-0.2, -0.15) is 0 Å². The van der Waals surface area contributed by atoms with Crippen molar-refractivity contribution in [2.45, 2.75) is 0 Å². The highest BCUT2D eigenvalue weighted by Crippen LogP contribution is 2.23. The summed E-state index contributed by atoms with van der Waals surface area (Å²) in [6.45, 7) is 0. The fourth-order valence-corrected chi connectivity index (χ4v) is 2.95. The third-order valence-electron chi connectivity index (χ3n) is 4.04. The topological polar surface area (TPSA) is 99.8 Å². The van der Waals surface area contributed by atoms with E-state index < -0.39 is 6.03 Å². The van der Waals surface area contributed by atoms with Gasteiger partial charge in [0.25, 0.3) is 0 Å². The van der Waals surface area contributed by atoms with Crippen LogP contribution >= 0.6 is 11.6 Å². The largest absolute Gasteiger partial charge is 0.345 e. The molecule has 0 fully saturated rings. The molecule has 3 heterocycles. The Morgan fingerprint density at radius 2 is 1.82 bits per heavy atom. The van der Waals surface area contributed by atoms with Gasteiger partial charge < -0.3 is 15.6 Å². The van der Waals surface area contributed by atoms with Gasteiger partial charge in [-0.05, 0) is 30.3 Å². The quantitative estimate of drug-likeness (QED) is 0.446. The highest BCUT2D eigenvalue weighted by atomic mass is 35.5. The monoisotopic (exact) mass is 391 g/mol. The lowest BCUT2D eigenvalue weighted by molar-refractivity contribution is 0.104. The number of aromatic nitrogens is 3. The van der Waals surface area contributed by atoms with Crippen molar-refractivity contribution in [3.8, 4) is 0 Å². The number of carbonyl (C=O) groups is 2. The van der Waals surface area contributed by atoms with Crippen molar-refractivity contribution in [3.05, 3.63) is 83.4 Å². The molecule has 28 heavy (non-hydrogen) atoms. The van der Waals surface area contributed by atoms with E-state index in [1.54, 1.807) is 54.9 Å². The summed E-state index contributed by atoms with van der Waals surface area (Å²) in [4.78, 5) is 36.1. The lowest BCUT2D eigenvalue weighted by atomic mass is 10.0. The zero-order valence-electron chi connectivity index (χ0n) is 14.4. The van der Waals surface area contributed by atoms with E-state index in [0.717, 1.165) is 0 Å². The second-order valence-corrected chi connectivity index (χ2v) is 6.42. The van der Waals surface area contributed by atoms with E-state index in [0.29, 0.717) is 38.6 Å². The van der Waals surface area contributed by atoms with Crippen LogP contribution in [-0.4, -0.2) is 26.8 Å². The molecule has 0 bridgehead atoms. The van der Waals surface area contributed by atoms with E-state index in [9.17, 15) is 9.59 Å². The molecule has 0 saturated heterocycles. The second-order valence-electron chi connectivity index (χ2n) is 5.98. The molecule has 0 aliphatic rings. The molecule has 3 aromatic heterocycles. The van der Waals surface area contributed by atoms with Crippen LogP contribution in [0.4, 0.5) is 16.2 Å². The van der Waals surface area contributed by atoms with E-state index in [4.69, 9.17) is 11.6 Å². The van der Waals surface area contributed by atoms with E-state index >= 15 is 0 Å². The summed E-state index contributed by atoms with van der Waals surface area (Å²) in [5.74, 6) is -0.202. The zero-order chi connectivity index (χ0) is 19.5. The number of benzene rings is 1. The van der Waals surface area contributed by atoms with E-state index in [1.807, 2.05) is 0 Å². The molecule has 138 valence electrons. The van der Waals surface area contributed by atoms with Gasteiger partial charge >= 0.3 is 6.03 Å². The number of aromatic amines is 1. The SMILES string of the molecule is O=C(Nc1cccnc1)Nc1cccc(C(=O)c2c[nH]c3ncc(Cl)cc23)c1. The zero-order valence-corrected chi connectivity index (χ0v) is 15.2. The molecular weight excluding hydrogens is 378 g/mol. The Morgan fingerprint density at radius 3 is 2.64 bits per heavy atom. The molecule has 0 atom stereocenters. The van der Waals surface area contributed by atoms with Crippen LogP contribution in [0.25, 0.3) is 11.0 Å². The molecule has 2 amide bonds. The fraction of sp³-hybridized carbons (Fsp3) is 0. The number of rotatable bonds is 4. The first-order valence-electron chi connectivity index (χ1n) is 8.35. The Bertz CT molecular complexity index is 1170. The van der Waals surface area contributed by atoms with Gasteiger partial charge in [0, 0.05) is 40.8 Å². The van der Waals surface area contributed by atoms with Crippen LogP contribution in [0.2, 0.25) is 5.02 Å². The Kier molecular flexibility index (Phi) is 4.74.